The smallest absolute Gasteiger partial charge is 0.356 e. The maximum atomic E-state index is 11.6. The van der Waals surface area contributed by atoms with Crippen molar-refractivity contribution in [3.05, 3.63) is 47.1 Å². The zero-order valence-electron chi connectivity index (χ0n) is 10.9. The van der Waals surface area contributed by atoms with Crippen molar-refractivity contribution in [2.75, 3.05) is 7.11 Å². The lowest BCUT2D eigenvalue weighted by Crippen LogP contribution is -2.03. The summed E-state index contributed by atoms with van der Waals surface area (Å²) >= 11 is 1.46. The quantitative estimate of drug-likeness (QED) is 0.752. The summed E-state index contributed by atoms with van der Waals surface area (Å²) in [5.41, 5.74) is 0.545. The molecule has 0 amide bonds. The van der Waals surface area contributed by atoms with E-state index in [1.165, 1.54) is 24.5 Å². The minimum atomic E-state index is -1.14. The standard InChI is InChI=1S/C14H10N2O4S/c1-20-14(19)8-4-5-16-9(7-8)11(13(17)18)15-12(16)10-3-2-6-21-10/h2-7H,1H3,(H,17,18). The van der Waals surface area contributed by atoms with Crippen LogP contribution in [0.1, 0.15) is 20.8 Å². The second-order valence-corrected chi connectivity index (χ2v) is 5.18. The third-order valence-corrected chi connectivity index (χ3v) is 3.87. The zero-order chi connectivity index (χ0) is 15.0. The van der Waals surface area contributed by atoms with Crippen LogP contribution in [-0.2, 0) is 4.74 Å². The van der Waals surface area contributed by atoms with E-state index in [9.17, 15) is 14.7 Å². The predicted octanol–water partition coefficient (Wildman–Crippen LogP) is 2.55. The average Bonchev–Trinajstić information content (AvgIpc) is 3.12. The second kappa shape index (κ2) is 5.02. The number of carboxylic acid groups (broad SMARTS) is 1. The first kappa shape index (κ1) is 13.3. The first-order valence-corrected chi connectivity index (χ1v) is 6.87. The number of hydrogen-bond donors (Lipinski definition) is 1. The number of pyridine rings is 1. The molecule has 0 fully saturated rings. The second-order valence-electron chi connectivity index (χ2n) is 4.23. The minimum absolute atomic E-state index is 0.0934. The van der Waals surface area contributed by atoms with Gasteiger partial charge in [0, 0.05) is 6.20 Å². The molecule has 0 saturated heterocycles. The van der Waals surface area contributed by atoms with E-state index < -0.39 is 11.9 Å². The van der Waals surface area contributed by atoms with E-state index in [0.717, 1.165) is 4.88 Å². The van der Waals surface area contributed by atoms with Crippen LogP contribution in [0.25, 0.3) is 16.2 Å². The fourth-order valence-electron chi connectivity index (χ4n) is 2.07. The first-order chi connectivity index (χ1) is 10.1. The van der Waals surface area contributed by atoms with E-state index >= 15 is 0 Å². The van der Waals surface area contributed by atoms with Crippen LogP contribution in [0.5, 0.6) is 0 Å². The van der Waals surface area contributed by atoms with Gasteiger partial charge in [0.15, 0.2) is 11.5 Å². The van der Waals surface area contributed by atoms with Crippen LogP contribution in [0.2, 0.25) is 0 Å². The summed E-state index contributed by atoms with van der Waals surface area (Å²) in [5.74, 6) is -1.13. The van der Waals surface area contributed by atoms with Gasteiger partial charge in [-0.1, -0.05) is 6.07 Å². The van der Waals surface area contributed by atoms with Crippen molar-refractivity contribution in [3.8, 4) is 10.7 Å². The van der Waals surface area contributed by atoms with Gasteiger partial charge in [0.05, 0.1) is 23.1 Å². The minimum Gasteiger partial charge on any atom is -0.476 e. The third-order valence-electron chi connectivity index (χ3n) is 3.01. The van der Waals surface area contributed by atoms with Crippen LogP contribution in [0, 0.1) is 0 Å². The van der Waals surface area contributed by atoms with E-state index in [4.69, 9.17) is 0 Å². The number of fused-ring (bicyclic) bond motifs is 1. The highest BCUT2D eigenvalue weighted by atomic mass is 32.1. The lowest BCUT2D eigenvalue weighted by Gasteiger charge is -2.02. The summed E-state index contributed by atoms with van der Waals surface area (Å²) in [6.07, 6.45) is 1.62. The van der Waals surface area contributed by atoms with E-state index in [1.807, 2.05) is 17.5 Å². The van der Waals surface area contributed by atoms with Gasteiger partial charge in [-0.05, 0) is 23.6 Å². The maximum absolute atomic E-state index is 11.6. The number of hydrogen-bond acceptors (Lipinski definition) is 5. The highest BCUT2D eigenvalue weighted by molar-refractivity contribution is 7.13. The van der Waals surface area contributed by atoms with Crippen molar-refractivity contribution in [1.29, 1.82) is 0 Å². The molecule has 106 valence electrons. The molecule has 0 aliphatic heterocycles. The number of thiophene rings is 1. The lowest BCUT2D eigenvalue weighted by molar-refractivity contribution is 0.0599. The molecule has 0 spiro atoms. The monoisotopic (exact) mass is 302 g/mol. The molecule has 21 heavy (non-hydrogen) atoms. The van der Waals surface area contributed by atoms with Gasteiger partial charge in [-0.3, -0.25) is 4.40 Å². The molecule has 0 aliphatic rings. The Labute approximate surface area is 123 Å². The van der Waals surface area contributed by atoms with Crippen molar-refractivity contribution >= 4 is 28.8 Å². The number of carbonyl (C=O) groups is 2. The molecular formula is C14H10N2O4S. The van der Waals surface area contributed by atoms with Crippen LogP contribution in [0.4, 0.5) is 0 Å². The highest BCUT2D eigenvalue weighted by Gasteiger charge is 2.19. The molecule has 7 heteroatoms. The number of carbonyl (C=O) groups excluding carboxylic acids is 1. The topological polar surface area (TPSA) is 80.9 Å². The fourth-order valence-corrected chi connectivity index (χ4v) is 2.78. The SMILES string of the molecule is COC(=O)c1ccn2c(-c3cccs3)nc(C(=O)O)c2c1. The van der Waals surface area contributed by atoms with Gasteiger partial charge in [0.25, 0.3) is 0 Å². The summed E-state index contributed by atoms with van der Waals surface area (Å²) in [6.45, 7) is 0. The molecule has 6 nitrogen and oxygen atoms in total. The number of nitrogens with zero attached hydrogens (tertiary/aromatic N) is 2. The molecule has 3 aromatic heterocycles. The number of imidazole rings is 1. The Balaban J connectivity index is 2.28. The Morgan fingerprint density at radius 1 is 1.38 bits per heavy atom. The Kier molecular flexibility index (Phi) is 3.19. The number of methoxy groups -OCH3 is 1. The average molecular weight is 302 g/mol. The Morgan fingerprint density at radius 3 is 2.81 bits per heavy atom. The molecule has 1 N–H and O–H groups in total. The van der Waals surface area contributed by atoms with E-state index in [0.29, 0.717) is 11.3 Å². The fraction of sp³-hybridized carbons (Fsp3) is 0.0714. The normalized spacial score (nSPS) is 10.7. The molecule has 0 aromatic carbocycles. The van der Waals surface area contributed by atoms with E-state index in [-0.39, 0.29) is 11.3 Å². The number of ether oxygens (including phenoxy) is 1. The summed E-state index contributed by atoms with van der Waals surface area (Å²) in [6, 6.07) is 6.77. The largest absolute Gasteiger partial charge is 0.476 e. The molecular weight excluding hydrogens is 292 g/mol. The highest BCUT2D eigenvalue weighted by Crippen LogP contribution is 2.27. The molecule has 0 unspecified atom stereocenters. The molecule has 0 radical (unpaired) electrons. The molecule has 0 saturated carbocycles. The van der Waals surface area contributed by atoms with Gasteiger partial charge in [-0.25, -0.2) is 14.6 Å². The van der Waals surface area contributed by atoms with Gasteiger partial charge in [-0.2, -0.15) is 0 Å². The van der Waals surface area contributed by atoms with Crippen LogP contribution in [-0.4, -0.2) is 33.5 Å². The number of esters is 1. The molecule has 0 bridgehead atoms. The molecule has 3 aromatic rings. The predicted molar refractivity (Wildman–Crippen MR) is 76.8 cm³/mol. The summed E-state index contributed by atoms with van der Waals surface area (Å²) in [7, 11) is 1.28. The van der Waals surface area contributed by atoms with E-state index in [1.54, 1.807) is 16.7 Å². The Morgan fingerprint density at radius 2 is 2.19 bits per heavy atom. The number of carboxylic acids is 1. The summed E-state index contributed by atoms with van der Waals surface area (Å²) < 4.78 is 6.31. The first-order valence-electron chi connectivity index (χ1n) is 5.99. The zero-order valence-corrected chi connectivity index (χ0v) is 11.8. The summed E-state index contributed by atoms with van der Waals surface area (Å²) in [5, 5.41) is 11.2. The molecule has 3 heterocycles. The summed E-state index contributed by atoms with van der Waals surface area (Å²) in [4.78, 5) is 28.0. The maximum Gasteiger partial charge on any atom is 0.356 e. The van der Waals surface area contributed by atoms with Crippen LogP contribution in [0.3, 0.4) is 0 Å². The van der Waals surface area contributed by atoms with Crippen LogP contribution < -0.4 is 0 Å². The number of rotatable bonds is 3. The number of aromatic carboxylic acids is 1. The Hall–Kier alpha value is -2.67. The van der Waals surface area contributed by atoms with Crippen LogP contribution in [0.15, 0.2) is 35.8 Å². The van der Waals surface area contributed by atoms with Crippen molar-refractivity contribution in [3.63, 3.8) is 0 Å². The van der Waals surface area contributed by atoms with Gasteiger partial charge in [0.1, 0.15) is 0 Å². The molecule has 0 atom stereocenters. The van der Waals surface area contributed by atoms with Crippen molar-refractivity contribution < 1.29 is 19.4 Å². The third kappa shape index (κ3) is 2.17. The molecule has 3 rings (SSSR count). The van der Waals surface area contributed by atoms with Crippen molar-refractivity contribution in [1.82, 2.24) is 9.38 Å². The van der Waals surface area contributed by atoms with Gasteiger partial charge in [0.2, 0.25) is 0 Å². The van der Waals surface area contributed by atoms with Crippen molar-refractivity contribution in [2.24, 2.45) is 0 Å². The number of aromatic nitrogens is 2. The van der Waals surface area contributed by atoms with Crippen molar-refractivity contribution in [2.45, 2.75) is 0 Å². The van der Waals surface area contributed by atoms with Gasteiger partial charge >= 0.3 is 11.9 Å². The Bertz CT molecular complexity index is 836. The molecule has 0 aliphatic carbocycles. The van der Waals surface area contributed by atoms with E-state index in [2.05, 4.69) is 9.72 Å². The van der Waals surface area contributed by atoms with Crippen LogP contribution >= 0.6 is 11.3 Å². The van der Waals surface area contributed by atoms with Gasteiger partial charge < -0.3 is 9.84 Å². The van der Waals surface area contributed by atoms with Gasteiger partial charge in [-0.15, -0.1) is 11.3 Å². The lowest BCUT2D eigenvalue weighted by atomic mass is 10.2.